The summed E-state index contributed by atoms with van der Waals surface area (Å²) >= 11 is 0. The average Bonchev–Trinajstić information content (AvgIpc) is 2.53. The number of benzene rings is 2. The van der Waals surface area contributed by atoms with E-state index in [4.69, 9.17) is 20.0 Å². The number of ether oxygens (including phenoxy) is 2. The summed E-state index contributed by atoms with van der Waals surface area (Å²) in [6.45, 7) is 2.31. The summed E-state index contributed by atoms with van der Waals surface area (Å²) in [5.74, 6) is 1.16. The molecular weight excluding hydrogens is 264 g/mol. The van der Waals surface area contributed by atoms with Crippen LogP contribution in [0.25, 0.3) is 0 Å². The first kappa shape index (κ1) is 14.4. The number of methoxy groups -OCH3 is 1. The van der Waals surface area contributed by atoms with E-state index in [1.807, 2.05) is 19.1 Å². The Balaban J connectivity index is 2.17. The molecule has 0 saturated heterocycles. The van der Waals surface area contributed by atoms with Crippen molar-refractivity contribution in [2.24, 2.45) is 0 Å². The van der Waals surface area contributed by atoms with Gasteiger partial charge < -0.3 is 9.47 Å². The van der Waals surface area contributed by atoms with Gasteiger partial charge in [0, 0.05) is 6.07 Å². The fraction of sp³-hybridized carbons (Fsp3) is 0.176. The molecule has 4 heteroatoms. The SMILES string of the molecule is COc1cc(C#N)cc(OCc2ccc(C#N)cc2C)c1. The summed E-state index contributed by atoms with van der Waals surface area (Å²) in [4.78, 5) is 0. The lowest BCUT2D eigenvalue weighted by molar-refractivity contribution is 0.303. The summed E-state index contributed by atoms with van der Waals surface area (Å²) in [6, 6.07) is 14.7. The van der Waals surface area contributed by atoms with Crippen LogP contribution in [0.2, 0.25) is 0 Å². The first-order valence-corrected chi connectivity index (χ1v) is 6.38. The van der Waals surface area contributed by atoms with Crippen LogP contribution < -0.4 is 9.47 Å². The van der Waals surface area contributed by atoms with Gasteiger partial charge >= 0.3 is 0 Å². The summed E-state index contributed by atoms with van der Waals surface area (Å²) in [7, 11) is 1.55. The third-order valence-corrected chi connectivity index (χ3v) is 3.11. The van der Waals surface area contributed by atoms with Crippen molar-refractivity contribution in [2.75, 3.05) is 7.11 Å². The fourth-order valence-electron chi connectivity index (χ4n) is 1.93. The van der Waals surface area contributed by atoms with E-state index in [-0.39, 0.29) is 0 Å². The predicted octanol–water partition coefficient (Wildman–Crippen LogP) is 3.33. The maximum atomic E-state index is 8.98. The van der Waals surface area contributed by atoms with E-state index in [2.05, 4.69) is 12.1 Å². The van der Waals surface area contributed by atoms with E-state index in [9.17, 15) is 0 Å². The Kier molecular flexibility index (Phi) is 4.43. The van der Waals surface area contributed by atoms with E-state index in [0.29, 0.717) is 29.2 Å². The number of hydrogen-bond donors (Lipinski definition) is 0. The van der Waals surface area contributed by atoms with Crippen molar-refractivity contribution < 1.29 is 9.47 Å². The van der Waals surface area contributed by atoms with Crippen LogP contribution in [0.4, 0.5) is 0 Å². The van der Waals surface area contributed by atoms with Gasteiger partial charge in [0.05, 0.1) is 30.4 Å². The van der Waals surface area contributed by atoms with Crippen LogP contribution in [0.3, 0.4) is 0 Å². The molecule has 0 radical (unpaired) electrons. The molecule has 0 aliphatic rings. The zero-order chi connectivity index (χ0) is 15.2. The molecule has 0 spiro atoms. The zero-order valence-electron chi connectivity index (χ0n) is 11.9. The number of nitrogens with zero attached hydrogens (tertiary/aromatic N) is 2. The molecule has 0 atom stereocenters. The number of hydrogen-bond acceptors (Lipinski definition) is 4. The second kappa shape index (κ2) is 6.45. The van der Waals surface area contributed by atoms with Crippen molar-refractivity contribution in [3.05, 3.63) is 58.7 Å². The molecule has 4 nitrogen and oxygen atoms in total. The standard InChI is InChI=1S/C17H14N2O2/c1-12-5-13(9-18)3-4-15(12)11-21-17-7-14(10-19)6-16(8-17)20-2/h3-8H,11H2,1-2H3. The molecular formula is C17H14N2O2. The average molecular weight is 278 g/mol. The second-order valence-electron chi connectivity index (χ2n) is 4.55. The third-order valence-electron chi connectivity index (χ3n) is 3.11. The second-order valence-corrected chi connectivity index (χ2v) is 4.55. The fourth-order valence-corrected chi connectivity index (χ4v) is 1.93. The van der Waals surface area contributed by atoms with Crippen molar-refractivity contribution in [2.45, 2.75) is 13.5 Å². The predicted molar refractivity (Wildman–Crippen MR) is 77.9 cm³/mol. The summed E-state index contributed by atoms with van der Waals surface area (Å²) in [5.41, 5.74) is 3.11. The van der Waals surface area contributed by atoms with Crippen molar-refractivity contribution >= 4 is 0 Å². The van der Waals surface area contributed by atoms with Gasteiger partial charge in [-0.2, -0.15) is 10.5 Å². The minimum absolute atomic E-state index is 0.371. The lowest BCUT2D eigenvalue weighted by Crippen LogP contribution is -1.99. The van der Waals surface area contributed by atoms with Crippen LogP contribution in [0, 0.1) is 29.6 Å². The normalized spacial score (nSPS) is 9.52. The number of aryl methyl sites for hydroxylation is 1. The van der Waals surface area contributed by atoms with Crippen molar-refractivity contribution in [1.29, 1.82) is 10.5 Å². The van der Waals surface area contributed by atoms with E-state index in [0.717, 1.165) is 11.1 Å². The van der Waals surface area contributed by atoms with E-state index >= 15 is 0 Å². The minimum Gasteiger partial charge on any atom is -0.497 e. The van der Waals surface area contributed by atoms with Gasteiger partial charge in [-0.3, -0.25) is 0 Å². The van der Waals surface area contributed by atoms with E-state index < -0.39 is 0 Å². The van der Waals surface area contributed by atoms with Gasteiger partial charge in [-0.05, 0) is 42.3 Å². The largest absolute Gasteiger partial charge is 0.497 e. The Bertz CT molecular complexity index is 739. The van der Waals surface area contributed by atoms with Crippen molar-refractivity contribution in [3.63, 3.8) is 0 Å². The van der Waals surface area contributed by atoms with Crippen LogP contribution >= 0.6 is 0 Å². The van der Waals surface area contributed by atoms with Gasteiger partial charge in [-0.25, -0.2) is 0 Å². The van der Waals surface area contributed by atoms with Gasteiger partial charge in [0.15, 0.2) is 0 Å². The highest BCUT2D eigenvalue weighted by atomic mass is 16.5. The number of rotatable bonds is 4. The Hall–Kier alpha value is -2.98. The van der Waals surface area contributed by atoms with Crippen LogP contribution in [0.15, 0.2) is 36.4 Å². The molecule has 0 heterocycles. The first-order valence-electron chi connectivity index (χ1n) is 6.38. The van der Waals surface area contributed by atoms with Gasteiger partial charge in [0.25, 0.3) is 0 Å². The molecule has 2 rings (SSSR count). The zero-order valence-corrected chi connectivity index (χ0v) is 11.9. The molecule has 2 aromatic rings. The molecule has 0 bridgehead atoms. The molecule has 2 aromatic carbocycles. The van der Waals surface area contributed by atoms with Gasteiger partial charge in [-0.15, -0.1) is 0 Å². The highest BCUT2D eigenvalue weighted by Crippen LogP contribution is 2.23. The van der Waals surface area contributed by atoms with Crippen LogP contribution in [-0.4, -0.2) is 7.11 Å². The molecule has 104 valence electrons. The molecule has 21 heavy (non-hydrogen) atoms. The van der Waals surface area contributed by atoms with Gasteiger partial charge in [-0.1, -0.05) is 6.07 Å². The Morgan fingerprint density at radius 2 is 1.67 bits per heavy atom. The van der Waals surface area contributed by atoms with Crippen LogP contribution in [0.5, 0.6) is 11.5 Å². The van der Waals surface area contributed by atoms with Crippen molar-refractivity contribution in [1.82, 2.24) is 0 Å². The summed E-state index contributed by atoms with van der Waals surface area (Å²) in [5, 5.41) is 17.8. The summed E-state index contributed by atoms with van der Waals surface area (Å²) in [6.07, 6.45) is 0. The molecule has 0 amide bonds. The van der Waals surface area contributed by atoms with Crippen LogP contribution in [-0.2, 0) is 6.61 Å². The molecule has 0 fully saturated rings. The maximum absolute atomic E-state index is 8.98. The molecule has 0 unspecified atom stereocenters. The number of nitriles is 2. The molecule has 0 N–H and O–H groups in total. The Morgan fingerprint density at radius 1 is 0.952 bits per heavy atom. The quantitative estimate of drug-likeness (QED) is 0.860. The summed E-state index contributed by atoms with van der Waals surface area (Å²) < 4.78 is 10.9. The smallest absolute Gasteiger partial charge is 0.124 e. The molecule has 0 aliphatic carbocycles. The lowest BCUT2D eigenvalue weighted by Gasteiger charge is -2.10. The molecule has 0 aromatic heterocycles. The maximum Gasteiger partial charge on any atom is 0.124 e. The van der Waals surface area contributed by atoms with E-state index in [1.165, 1.54) is 0 Å². The van der Waals surface area contributed by atoms with E-state index in [1.54, 1.807) is 31.4 Å². The monoisotopic (exact) mass is 278 g/mol. The topological polar surface area (TPSA) is 66.0 Å². The van der Waals surface area contributed by atoms with Crippen LogP contribution in [0.1, 0.15) is 22.3 Å². The first-order chi connectivity index (χ1) is 10.2. The highest BCUT2D eigenvalue weighted by molar-refractivity contribution is 5.44. The lowest BCUT2D eigenvalue weighted by atomic mass is 10.1. The van der Waals surface area contributed by atoms with Gasteiger partial charge in [0.1, 0.15) is 18.1 Å². The molecule has 0 aliphatic heterocycles. The van der Waals surface area contributed by atoms with Crippen molar-refractivity contribution in [3.8, 4) is 23.6 Å². The minimum atomic E-state index is 0.371. The van der Waals surface area contributed by atoms with Gasteiger partial charge in [0.2, 0.25) is 0 Å². The highest BCUT2D eigenvalue weighted by Gasteiger charge is 2.05. The Labute approximate surface area is 123 Å². The third kappa shape index (κ3) is 3.52. The Morgan fingerprint density at radius 3 is 2.29 bits per heavy atom. The molecule has 0 saturated carbocycles.